The van der Waals surface area contributed by atoms with E-state index < -0.39 is 9.84 Å². The van der Waals surface area contributed by atoms with E-state index >= 15 is 0 Å². The van der Waals surface area contributed by atoms with Crippen molar-refractivity contribution in [2.45, 2.75) is 11.4 Å². The first-order chi connectivity index (χ1) is 8.86. The summed E-state index contributed by atoms with van der Waals surface area (Å²) in [6.07, 6.45) is 1.14. The number of hydrogen-bond donors (Lipinski definition) is 1. The molecule has 1 aromatic rings. The predicted octanol–water partition coefficient (Wildman–Crippen LogP) is -0.452. The van der Waals surface area contributed by atoms with Crippen molar-refractivity contribution in [3.63, 3.8) is 0 Å². The maximum Gasteiger partial charge on any atom is 0.242 e. The van der Waals surface area contributed by atoms with Crippen molar-refractivity contribution < 1.29 is 18.0 Å². The highest BCUT2D eigenvalue weighted by atomic mass is 32.2. The molecule has 1 fully saturated rings. The molecule has 0 saturated carbocycles. The topological polar surface area (TPSA) is 83.6 Å². The molecule has 0 atom stereocenters. The lowest BCUT2D eigenvalue weighted by Gasteiger charge is -2.26. The molecule has 7 heteroatoms. The number of carbonyl (C=O) groups excluding carboxylic acids is 2. The molecule has 102 valence electrons. The molecule has 1 aromatic carbocycles. The van der Waals surface area contributed by atoms with Gasteiger partial charge in [-0.3, -0.25) is 9.59 Å². The van der Waals surface area contributed by atoms with E-state index in [4.69, 9.17) is 0 Å². The molecule has 1 aliphatic heterocycles. The Labute approximate surface area is 111 Å². The van der Waals surface area contributed by atoms with Gasteiger partial charge in [0.15, 0.2) is 9.84 Å². The smallest absolute Gasteiger partial charge is 0.242 e. The lowest BCUT2D eigenvalue weighted by Crippen LogP contribution is -2.50. The maximum atomic E-state index is 11.6. The largest absolute Gasteiger partial charge is 0.345 e. The Morgan fingerprint density at radius 3 is 2.42 bits per heavy atom. The van der Waals surface area contributed by atoms with E-state index in [0.29, 0.717) is 6.54 Å². The number of rotatable bonds is 3. The Morgan fingerprint density at radius 2 is 1.84 bits per heavy atom. The van der Waals surface area contributed by atoms with E-state index in [1.165, 1.54) is 17.0 Å². The van der Waals surface area contributed by atoms with Gasteiger partial charge in [-0.1, -0.05) is 12.1 Å². The van der Waals surface area contributed by atoms with Gasteiger partial charge in [0, 0.05) is 12.8 Å². The number of amides is 2. The van der Waals surface area contributed by atoms with Gasteiger partial charge < -0.3 is 10.2 Å². The molecule has 0 radical (unpaired) electrons. The van der Waals surface area contributed by atoms with Crippen LogP contribution in [0.3, 0.4) is 0 Å². The van der Waals surface area contributed by atoms with E-state index in [9.17, 15) is 18.0 Å². The van der Waals surface area contributed by atoms with Crippen molar-refractivity contribution >= 4 is 21.7 Å². The number of nitrogens with one attached hydrogen (secondary N) is 1. The zero-order chi connectivity index (χ0) is 14.0. The molecule has 2 amide bonds. The average Bonchev–Trinajstić information content (AvgIpc) is 2.33. The van der Waals surface area contributed by atoms with Gasteiger partial charge in [-0.2, -0.15) is 0 Å². The lowest BCUT2D eigenvalue weighted by molar-refractivity contribution is -0.141. The summed E-state index contributed by atoms with van der Waals surface area (Å²) >= 11 is 0. The quantitative estimate of drug-likeness (QED) is 0.814. The van der Waals surface area contributed by atoms with E-state index in [1.807, 2.05) is 0 Å². The third-order valence-corrected chi connectivity index (χ3v) is 3.98. The van der Waals surface area contributed by atoms with Crippen molar-refractivity contribution in [2.75, 3.05) is 19.3 Å². The highest BCUT2D eigenvalue weighted by molar-refractivity contribution is 7.90. The third-order valence-electron chi connectivity index (χ3n) is 2.85. The zero-order valence-electron chi connectivity index (χ0n) is 10.4. The van der Waals surface area contributed by atoms with Crippen molar-refractivity contribution in [3.8, 4) is 0 Å². The summed E-state index contributed by atoms with van der Waals surface area (Å²) in [6.45, 7) is 0.350. The average molecular weight is 282 g/mol. The van der Waals surface area contributed by atoms with Crippen LogP contribution in [0.25, 0.3) is 0 Å². The first-order valence-corrected chi connectivity index (χ1v) is 7.59. The van der Waals surface area contributed by atoms with E-state index in [1.54, 1.807) is 12.1 Å². The molecule has 19 heavy (non-hydrogen) atoms. The van der Waals surface area contributed by atoms with E-state index in [0.717, 1.165) is 11.8 Å². The van der Waals surface area contributed by atoms with Gasteiger partial charge in [0.2, 0.25) is 11.8 Å². The minimum atomic E-state index is -3.22. The molecule has 2 rings (SSSR count). The Balaban J connectivity index is 2.11. The number of piperazine rings is 1. The Kier molecular flexibility index (Phi) is 3.57. The second-order valence-electron chi connectivity index (χ2n) is 4.44. The van der Waals surface area contributed by atoms with Crippen LogP contribution in [-0.4, -0.2) is 44.5 Å². The first kappa shape index (κ1) is 13.5. The second-order valence-corrected chi connectivity index (χ2v) is 6.46. The zero-order valence-corrected chi connectivity index (χ0v) is 11.2. The molecule has 0 aromatic heterocycles. The first-order valence-electron chi connectivity index (χ1n) is 5.70. The van der Waals surface area contributed by atoms with Gasteiger partial charge in [-0.25, -0.2) is 8.42 Å². The Hall–Kier alpha value is -1.89. The van der Waals surface area contributed by atoms with Crippen molar-refractivity contribution in [1.82, 2.24) is 10.2 Å². The SMILES string of the molecule is CS(=O)(=O)c1ccc(CN2CC(=O)NCC2=O)cc1. The van der Waals surface area contributed by atoms with Crippen LogP contribution in [0.5, 0.6) is 0 Å². The number of benzene rings is 1. The summed E-state index contributed by atoms with van der Waals surface area (Å²) in [4.78, 5) is 24.5. The van der Waals surface area contributed by atoms with Gasteiger partial charge in [0.05, 0.1) is 18.0 Å². The highest BCUT2D eigenvalue weighted by Crippen LogP contribution is 2.12. The maximum absolute atomic E-state index is 11.6. The minimum Gasteiger partial charge on any atom is -0.345 e. The van der Waals surface area contributed by atoms with Crippen LogP contribution in [-0.2, 0) is 26.0 Å². The van der Waals surface area contributed by atoms with Gasteiger partial charge in [0.1, 0.15) is 0 Å². The monoisotopic (exact) mass is 282 g/mol. The predicted molar refractivity (Wildman–Crippen MR) is 68.0 cm³/mol. The molecule has 1 N–H and O–H groups in total. The number of carbonyl (C=O) groups is 2. The summed E-state index contributed by atoms with van der Waals surface area (Å²) in [5.74, 6) is -0.334. The third kappa shape index (κ3) is 3.31. The van der Waals surface area contributed by atoms with Crippen LogP contribution < -0.4 is 5.32 Å². The summed E-state index contributed by atoms with van der Waals surface area (Å²) in [6, 6.07) is 6.30. The number of hydrogen-bond acceptors (Lipinski definition) is 4. The molecular weight excluding hydrogens is 268 g/mol. The summed E-state index contributed by atoms with van der Waals surface area (Å²) < 4.78 is 22.6. The molecular formula is C12H14N2O4S. The molecule has 1 saturated heterocycles. The summed E-state index contributed by atoms with van der Waals surface area (Å²) in [7, 11) is -3.22. The van der Waals surface area contributed by atoms with E-state index in [-0.39, 0.29) is 29.8 Å². The normalized spacial score (nSPS) is 16.4. The van der Waals surface area contributed by atoms with Gasteiger partial charge in [0.25, 0.3) is 0 Å². The molecule has 0 unspecified atom stereocenters. The van der Waals surface area contributed by atoms with Crippen LogP contribution in [0, 0.1) is 0 Å². The second kappa shape index (κ2) is 5.00. The van der Waals surface area contributed by atoms with Gasteiger partial charge >= 0.3 is 0 Å². The van der Waals surface area contributed by atoms with Crippen LogP contribution in [0.15, 0.2) is 29.2 Å². The van der Waals surface area contributed by atoms with Crippen molar-refractivity contribution in [1.29, 1.82) is 0 Å². The van der Waals surface area contributed by atoms with Crippen LogP contribution in [0.2, 0.25) is 0 Å². The molecule has 6 nitrogen and oxygen atoms in total. The lowest BCUT2D eigenvalue weighted by atomic mass is 10.2. The van der Waals surface area contributed by atoms with Gasteiger partial charge in [-0.05, 0) is 17.7 Å². The van der Waals surface area contributed by atoms with Gasteiger partial charge in [-0.15, -0.1) is 0 Å². The van der Waals surface area contributed by atoms with E-state index in [2.05, 4.69) is 5.32 Å². The Morgan fingerprint density at radius 1 is 1.21 bits per heavy atom. The summed E-state index contributed by atoms with van der Waals surface area (Å²) in [5, 5.41) is 2.47. The van der Waals surface area contributed by atoms with Crippen LogP contribution >= 0.6 is 0 Å². The minimum absolute atomic E-state index is 0.0141. The van der Waals surface area contributed by atoms with Crippen molar-refractivity contribution in [3.05, 3.63) is 29.8 Å². The molecule has 1 heterocycles. The molecule has 0 spiro atoms. The molecule has 1 aliphatic rings. The molecule has 0 bridgehead atoms. The number of sulfone groups is 1. The van der Waals surface area contributed by atoms with Crippen LogP contribution in [0.4, 0.5) is 0 Å². The fourth-order valence-electron chi connectivity index (χ4n) is 1.81. The summed E-state index contributed by atoms with van der Waals surface area (Å²) in [5.41, 5.74) is 0.787. The standard InChI is InChI=1S/C12H14N2O4S/c1-19(17,18)10-4-2-9(3-5-10)7-14-8-11(15)13-6-12(14)16/h2-5H,6-8H2,1H3,(H,13,15). The number of nitrogens with zero attached hydrogens (tertiary/aromatic N) is 1. The van der Waals surface area contributed by atoms with Crippen molar-refractivity contribution in [2.24, 2.45) is 0 Å². The highest BCUT2D eigenvalue weighted by Gasteiger charge is 2.22. The Bertz CT molecular complexity index is 607. The fraction of sp³-hybridized carbons (Fsp3) is 0.333. The fourth-order valence-corrected chi connectivity index (χ4v) is 2.44. The van der Waals surface area contributed by atoms with Crippen LogP contribution in [0.1, 0.15) is 5.56 Å². The molecule has 0 aliphatic carbocycles.